The van der Waals surface area contributed by atoms with E-state index in [1.54, 1.807) is 6.33 Å². The number of rotatable bonds is 8. The first kappa shape index (κ1) is 26.6. The number of aliphatic imine (C=N–C) groups is 1. The van der Waals surface area contributed by atoms with Gasteiger partial charge in [-0.05, 0) is 39.5 Å². The van der Waals surface area contributed by atoms with Crippen LogP contribution in [0, 0.1) is 5.92 Å². The van der Waals surface area contributed by atoms with E-state index in [0.717, 1.165) is 31.3 Å². The number of halogens is 1. The highest BCUT2D eigenvalue weighted by Crippen LogP contribution is 2.23. The maximum Gasteiger partial charge on any atom is 0.240 e. The van der Waals surface area contributed by atoms with Crippen LogP contribution in [-0.2, 0) is 17.8 Å². The molecule has 30 heavy (non-hydrogen) atoms. The number of nitrogens with one attached hydrogen (secondary N) is 2. The molecule has 1 aliphatic carbocycles. The van der Waals surface area contributed by atoms with Crippen LogP contribution in [0.4, 0.5) is 0 Å². The fourth-order valence-corrected chi connectivity index (χ4v) is 3.67. The fraction of sp³-hybridized carbons (Fsp3) is 0.810. The predicted octanol–water partition coefficient (Wildman–Crippen LogP) is 2.83. The van der Waals surface area contributed by atoms with E-state index in [1.165, 1.54) is 32.1 Å². The molecule has 1 aliphatic rings. The summed E-state index contributed by atoms with van der Waals surface area (Å²) in [6.07, 6.45) is 9.09. The van der Waals surface area contributed by atoms with Gasteiger partial charge in [0, 0.05) is 38.6 Å². The molecule has 1 amide bonds. The number of carbonyl (C=O) groups excluding carboxylic acids is 1. The van der Waals surface area contributed by atoms with Gasteiger partial charge in [0.1, 0.15) is 12.2 Å². The molecule has 1 aromatic heterocycles. The largest absolute Gasteiger partial charge is 0.354 e. The monoisotopic (exact) mass is 533 g/mol. The Hall–Kier alpha value is -1.39. The quantitative estimate of drug-likeness (QED) is 0.305. The molecule has 0 bridgehead atoms. The lowest BCUT2D eigenvalue weighted by atomic mass is 9.89. The van der Waals surface area contributed by atoms with Crippen molar-refractivity contribution in [2.75, 3.05) is 26.7 Å². The molecule has 0 aromatic carbocycles. The molecule has 2 rings (SSSR count). The van der Waals surface area contributed by atoms with Crippen LogP contribution in [0.15, 0.2) is 11.3 Å². The van der Waals surface area contributed by atoms with Crippen LogP contribution < -0.4 is 10.6 Å². The molecule has 0 saturated heterocycles. The number of likely N-dealkylation sites (N-methyl/N-ethyl adjacent to an activating group) is 1. The number of hydrogen-bond donors (Lipinski definition) is 2. The Morgan fingerprint density at radius 1 is 1.30 bits per heavy atom. The van der Waals surface area contributed by atoms with Gasteiger partial charge in [0.15, 0.2) is 5.96 Å². The number of hydrogen-bond acceptors (Lipinski definition) is 4. The molecule has 8 nitrogen and oxygen atoms in total. The van der Waals surface area contributed by atoms with E-state index in [4.69, 9.17) is 4.99 Å². The molecule has 9 heteroatoms. The second kappa shape index (κ2) is 13.1. The van der Waals surface area contributed by atoms with Gasteiger partial charge in [-0.2, -0.15) is 0 Å². The molecule has 1 aromatic rings. The Kier molecular flexibility index (Phi) is 11.6. The van der Waals surface area contributed by atoms with Gasteiger partial charge in [-0.1, -0.05) is 26.2 Å². The van der Waals surface area contributed by atoms with Crippen LogP contribution in [0.3, 0.4) is 0 Å². The van der Waals surface area contributed by atoms with Crippen LogP contribution in [0.2, 0.25) is 0 Å². The van der Waals surface area contributed by atoms with Crippen molar-refractivity contribution in [3.05, 3.63) is 12.2 Å². The highest BCUT2D eigenvalue weighted by atomic mass is 127. The summed E-state index contributed by atoms with van der Waals surface area (Å²) >= 11 is 0. The van der Waals surface area contributed by atoms with Gasteiger partial charge in [-0.3, -0.25) is 9.79 Å². The SMILES string of the molecule is CCc1nncn1CCNC(=NCC1CCCCC1)N(C)CC(=O)NC(C)(C)C.I. The van der Waals surface area contributed by atoms with Gasteiger partial charge in [0.05, 0.1) is 6.54 Å². The molecular formula is C21H40IN7O. The molecule has 0 radical (unpaired) electrons. The highest BCUT2D eigenvalue weighted by Gasteiger charge is 2.18. The molecular weight excluding hydrogens is 493 g/mol. The highest BCUT2D eigenvalue weighted by molar-refractivity contribution is 14.0. The minimum Gasteiger partial charge on any atom is -0.354 e. The number of guanidine groups is 1. The van der Waals surface area contributed by atoms with Crippen molar-refractivity contribution < 1.29 is 4.79 Å². The molecule has 0 aliphatic heterocycles. The minimum atomic E-state index is -0.240. The van der Waals surface area contributed by atoms with Crippen LogP contribution in [0.1, 0.15) is 65.6 Å². The maximum atomic E-state index is 12.4. The van der Waals surface area contributed by atoms with Crippen LogP contribution in [0.5, 0.6) is 0 Å². The van der Waals surface area contributed by atoms with Gasteiger partial charge >= 0.3 is 0 Å². The Labute approximate surface area is 198 Å². The molecule has 172 valence electrons. The zero-order chi connectivity index (χ0) is 21.3. The second-order valence-electron chi connectivity index (χ2n) is 9.04. The third kappa shape index (κ3) is 9.61. The van der Waals surface area contributed by atoms with Crippen molar-refractivity contribution in [3.63, 3.8) is 0 Å². The zero-order valence-electron chi connectivity index (χ0n) is 19.3. The third-order valence-corrected chi connectivity index (χ3v) is 5.13. The number of amides is 1. The molecule has 1 saturated carbocycles. The first-order valence-corrected chi connectivity index (χ1v) is 11.0. The maximum absolute atomic E-state index is 12.4. The van der Waals surface area contributed by atoms with E-state index >= 15 is 0 Å². The summed E-state index contributed by atoms with van der Waals surface area (Å²) in [6, 6.07) is 0. The Balaban J connectivity index is 0.00000450. The molecule has 0 atom stereocenters. The second-order valence-corrected chi connectivity index (χ2v) is 9.04. The molecule has 2 N–H and O–H groups in total. The van der Waals surface area contributed by atoms with Gasteiger partial charge in [-0.25, -0.2) is 0 Å². The summed E-state index contributed by atoms with van der Waals surface area (Å²) in [7, 11) is 1.92. The lowest BCUT2D eigenvalue weighted by Gasteiger charge is -2.26. The van der Waals surface area contributed by atoms with Crippen molar-refractivity contribution in [2.45, 2.75) is 78.3 Å². The van der Waals surface area contributed by atoms with Crippen molar-refractivity contribution in [3.8, 4) is 0 Å². The number of carbonyl (C=O) groups is 1. The third-order valence-electron chi connectivity index (χ3n) is 5.13. The summed E-state index contributed by atoms with van der Waals surface area (Å²) in [6.45, 7) is 10.6. The van der Waals surface area contributed by atoms with Crippen molar-refractivity contribution >= 4 is 35.8 Å². The molecule has 0 unspecified atom stereocenters. The lowest BCUT2D eigenvalue weighted by molar-refractivity contribution is -0.122. The smallest absolute Gasteiger partial charge is 0.240 e. The number of nitrogens with zero attached hydrogens (tertiary/aromatic N) is 5. The fourth-order valence-electron chi connectivity index (χ4n) is 3.67. The average molecular weight is 534 g/mol. The standard InChI is InChI=1S/C21H39N7O.HI/c1-6-18-26-24-16-28(18)13-12-22-20(23-14-17-10-8-7-9-11-17)27(5)15-19(29)25-21(2,3)4;/h16-17H,6-15H2,1-5H3,(H,22,23)(H,25,29);1H. The van der Waals surface area contributed by atoms with Crippen LogP contribution in [0.25, 0.3) is 0 Å². The average Bonchev–Trinajstić information content (AvgIpc) is 3.11. The van der Waals surface area contributed by atoms with Crippen molar-refractivity contribution in [1.29, 1.82) is 0 Å². The minimum absolute atomic E-state index is 0. The van der Waals surface area contributed by atoms with E-state index in [2.05, 4.69) is 32.3 Å². The number of aromatic nitrogens is 3. The van der Waals surface area contributed by atoms with E-state index in [-0.39, 0.29) is 42.0 Å². The van der Waals surface area contributed by atoms with E-state index < -0.39 is 0 Å². The zero-order valence-corrected chi connectivity index (χ0v) is 21.6. The number of aryl methyl sites for hydroxylation is 1. The summed E-state index contributed by atoms with van der Waals surface area (Å²) in [4.78, 5) is 19.2. The lowest BCUT2D eigenvalue weighted by Crippen LogP contribution is -2.49. The molecule has 1 heterocycles. The van der Waals surface area contributed by atoms with Crippen LogP contribution in [-0.4, -0.2) is 63.8 Å². The normalized spacial score (nSPS) is 15.4. The Morgan fingerprint density at radius 2 is 2.00 bits per heavy atom. The van der Waals surface area contributed by atoms with E-state index in [1.807, 2.05) is 32.7 Å². The van der Waals surface area contributed by atoms with E-state index in [0.29, 0.717) is 12.5 Å². The summed E-state index contributed by atoms with van der Waals surface area (Å²) in [5.74, 6) is 2.41. The van der Waals surface area contributed by atoms with Gasteiger partial charge in [-0.15, -0.1) is 34.2 Å². The first-order chi connectivity index (χ1) is 13.8. The summed E-state index contributed by atoms with van der Waals surface area (Å²) in [5, 5.41) is 14.6. The summed E-state index contributed by atoms with van der Waals surface area (Å²) < 4.78 is 2.05. The van der Waals surface area contributed by atoms with E-state index in [9.17, 15) is 4.79 Å². The van der Waals surface area contributed by atoms with Crippen molar-refractivity contribution in [1.82, 2.24) is 30.3 Å². The van der Waals surface area contributed by atoms with Gasteiger partial charge in [0.25, 0.3) is 0 Å². The molecule has 0 spiro atoms. The molecule has 1 fully saturated rings. The van der Waals surface area contributed by atoms with Gasteiger partial charge < -0.3 is 20.1 Å². The first-order valence-electron chi connectivity index (χ1n) is 11.0. The Bertz CT molecular complexity index is 663. The van der Waals surface area contributed by atoms with Crippen LogP contribution >= 0.6 is 24.0 Å². The topological polar surface area (TPSA) is 87.4 Å². The predicted molar refractivity (Wildman–Crippen MR) is 132 cm³/mol. The van der Waals surface area contributed by atoms with Crippen molar-refractivity contribution in [2.24, 2.45) is 10.9 Å². The Morgan fingerprint density at radius 3 is 2.63 bits per heavy atom. The summed E-state index contributed by atoms with van der Waals surface area (Å²) in [5.41, 5.74) is -0.240. The van der Waals surface area contributed by atoms with Gasteiger partial charge in [0.2, 0.25) is 5.91 Å².